The van der Waals surface area contributed by atoms with Crippen LogP contribution >= 0.6 is 0 Å². The molecule has 1 heterocycles. The molecule has 21 heavy (non-hydrogen) atoms. The van der Waals surface area contributed by atoms with Crippen LogP contribution < -0.4 is 0 Å². The maximum atomic E-state index is 12.7. The van der Waals surface area contributed by atoms with Crippen molar-refractivity contribution in [1.82, 2.24) is 9.46 Å². The van der Waals surface area contributed by atoms with E-state index in [1.54, 1.807) is 30.3 Å². The Morgan fingerprint density at radius 3 is 2.48 bits per heavy atom. The molecule has 0 saturated heterocycles. The highest BCUT2D eigenvalue weighted by Crippen LogP contribution is 2.15. The molecule has 0 saturated carbocycles. The number of hydrogen-bond acceptors (Lipinski definition) is 4. The average molecular weight is 316 g/mol. The number of rotatable bonds is 7. The smallest absolute Gasteiger partial charge is 0.252 e. The van der Waals surface area contributed by atoms with Gasteiger partial charge in [0.25, 0.3) is 6.43 Å². The molecule has 8 heteroatoms. The average Bonchev–Trinajstić information content (AvgIpc) is 2.91. The number of benzene rings is 1. The molecule has 0 N–H and O–H groups in total. The predicted octanol–water partition coefficient (Wildman–Crippen LogP) is 2.27. The number of nitrogens with zero attached hydrogens (tertiary/aromatic N) is 2. The normalized spacial score (nSPS) is 12.2. The van der Waals surface area contributed by atoms with E-state index in [4.69, 9.17) is 0 Å². The molecule has 0 unspecified atom stereocenters. The van der Waals surface area contributed by atoms with Gasteiger partial charge in [0.15, 0.2) is 0 Å². The Bertz CT molecular complexity index is 645. The van der Waals surface area contributed by atoms with Crippen molar-refractivity contribution in [2.45, 2.75) is 18.7 Å². The molecule has 5 nitrogen and oxygen atoms in total. The minimum absolute atomic E-state index is 0.106. The summed E-state index contributed by atoms with van der Waals surface area (Å²) < 4.78 is 55.1. The van der Waals surface area contributed by atoms with Crippen molar-refractivity contribution in [2.75, 3.05) is 6.54 Å². The third-order valence-electron chi connectivity index (χ3n) is 2.76. The molecule has 0 atom stereocenters. The second-order valence-electron chi connectivity index (χ2n) is 4.42. The standard InChI is InChI=1S/C13H14F2N2O3S/c14-13(15)9-17(8-11-4-2-1-3-5-11)21(18,19)10-12-6-7-20-16-12/h1-7,13H,8-10H2. The Kier molecular flexibility index (Phi) is 5.03. The van der Waals surface area contributed by atoms with Crippen LogP contribution in [0.15, 0.2) is 47.2 Å². The van der Waals surface area contributed by atoms with Gasteiger partial charge < -0.3 is 4.52 Å². The van der Waals surface area contributed by atoms with Crippen LogP contribution in [0, 0.1) is 0 Å². The summed E-state index contributed by atoms with van der Waals surface area (Å²) in [6.45, 7) is -0.958. The Morgan fingerprint density at radius 1 is 1.19 bits per heavy atom. The summed E-state index contributed by atoms with van der Waals surface area (Å²) in [5.41, 5.74) is 0.823. The van der Waals surface area contributed by atoms with Crippen LogP contribution in [-0.2, 0) is 22.3 Å². The highest BCUT2D eigenvalue weighted by atomic mass is 32.2. The van der Waals surface area contributed by atoms with E-state index in [0.717, 1.165) is 4.31 Å². The largest absolute Gasteiger partial charge is 0.364 e. The van der Waals surface area contributed by atoms with E-state index >= 15 is 0 Å². The number of sulfonamides is 1. The van der Waals surface area contributed by atoms with E-state index in [1.807, 2.05) is 0 Å². The van der Waals surface area contributed by atoms with Crippen LogP contribution in [0.3, 0.4) is 0 Å². The van der Waals surface area contributed by atoms with Crippen LogP contribution in [0.2, 0.25) is 0 Å². The van der Waals surface area contributed by atoms with Gasteiger partial charge in [0.2, 0.25) is 10.0 Å². The first-order valence-electron chi connectivity index (χ1n) is 6.16. The lowest BCUT2D eigenvalue weighted by atomic mass is 10.2. The fourth-order valence-electron chi connectivity index (χ4n) is 1.81. The lowest BCUT2D eigenvalue weighted by Gasteiger charge is -2.21. The molecule has 2 aromatic rings. The zero-order chi connectivity index (χ0) is 15.3. The minimum atomic E-state index is -3.91. The van der Waals surface area contributed by atoms with Crippen molar-refractivity contribution in [3.05, 3.63) is 53.9 Å². The number of hydrogen-bond donors (Lipinski definition) is 0. The number of halogens is 2. The molecule has 1 aromatic carbocycles. The third-order valence-corrected chi connectivity index (χ3v) is 4.48. The van der Waals surface area contributed by atoms with E-state index in [1.165, 1.54) is 12.3 Å². The van der Waals surface area contributed by atoms with Gasteiger partial charge in [0, 0.05) is 12.6 Å². The van der Waals surface area contributed by atoms with Crippen molar-refractivity contribution in [3.63, 3.8) is 0 Å². The highest BCUT2D eigenvalue weighted by molar-refractivity contribution is 7.88. The second kappa shape index (κ2) is 6.77. The molecule has 1 aromatic heterocycles. The van der Waals surface area contributed by atoms with Gasteiger partial charge in [-0.2, -0.15) is 4.31 Å². The van der Waals surface area contributed by atoms with Gasteiger partial charge in [-0.1, -0.05) is 35.5 Å². The highest BCUT2D eigenvalue weighted by Gasteiger charge is 2.26. The molecule has 0 aliphatic carbocycles. The molecule has 2 rings (SSSR count). The Labute approximate surface area is 121 Å². The molecule has 0 aliphatic rings. The van der Waals surface area contributed by atoms with Gasteiger partial charge >= 0.3 is 0 Å². The molecule has 0 spiro atoms. The molecule has 0 radical (unpaired) electrons. The summed E-state index contributed by atoms with van der Waals surface area (Å²) in [7, 11) is -3.91. The fraction of sp³-hybridized carbons (Fsp3) is 0.308. The Morgan fingerprint density at radius 2 is 1.90 bits per heavy atom. The molecular formula is C13H14F2N2O3S. The van der Waals surface area contributed by atoms with Gasteiger partial charge in [-0.05, 0) is 5.56 Å². The predicted molar refractivity (Wildman–Crippen MR) is 72.0 cm³/mol. The second-order valence-corrected chi connectivity index (χ2v) is 6.39. The summed E-state index contributed by atoms with van der Waals surface area (Å²) in [4.78, 5) is 0. The van der Waals surface area contributed by atoms with E-state index in [2.05, 4.69) is 9.68 Å². The topological polar surface area (TPSA) is 63.4 Å². The zero-order valence-electron chi connectivity index (χ0n) is 11.0. The monoisotopic (exact) mass is 316 g/mol. The Balaban J connectivity index is 2.18. The van der Waals surface area contributed by atoms with E-state index < -0.39 is 28.7 Å². The number of aromatic nitrogens is 1. The molecule has 0 aliphatic heterocycles. The summed E-state index contributed by atoms with van der Waals surface area (Å²) in [6, 6.07) is 9.97. The fourth-order valence-corrected chi connectivity index (χ4v) is 3.20. The number of alkyl halides is 2. The van der Waals surface area contributed by atoms with Crippen molar-refractivity contribution in [3.8, 4) is 0 Å². The van der Waals surface area contributed by atoms with Crippen LogP contribution in [0.5, 0.6) is 0 Å². The van der Waals surface area contributed by atoms with Crippen molar-refractivity contribution < 1.29 is 21.7 Å². The zero-order valence-corrected chi connectivity index (χ0v) is 11.8. The maximum absolute atomic E-state index is 12.7. The van der Waals surface area contributed by atoms with Gasteiger partial charge in [-0.3, -0.25) is 0 Å². The van der Waals surface area contributed by atoms with Gasteiger partial charge in [-0.25, -0.2) is 17.2 Å². The van der Waals surface area contributed by atoms with Crippen LogP contribution in [0.4, 0.5) is 8.78 Å². The van der Waals surface area contributed by atoms with E-state index in [0.29, 0.717) is 5.56 Å². The summed E-state index contributed by atoms with van der Waals surface area (Å²) >= 11 is 0. The maximum Gasteiger partial charge on any atom is 0.252 e. The lowest BCUT2D eigenvalue weighted by Crippen LogP contribution is -2.35. The Hall–Kier alpha value is -1.80. The molecule has 0 amide bonds. The summed E-state index contributed by atoms with van der Waals surface area (Å²) in [5, 5.41) is 3.50. The van der Waals surface area contributed by atoms with Crippen LogP contribution in [0.25, 0.3) is 0 Å². The van der Waals surface area contributed by atoms with Gasteiger partial charge in [0.05, 0.1) is 12.2 Å². The van der Waals surface area contributed by atoms with Crippen LogP contribution in [0.1, 0.15) is 11.3 Å². The SMILES string of the molecule is O=S(=O)(Cc1ccon1)N(Cc1ccccc1)CC(F)F. The third kappa shape index (κ3) is 4.61. The quantitative estimate of drug-likeness (QED) is 0.786. The van der Waals surface area contributed by atoms with E-state index in [-0.39, 0.29) is 12.2 Å². The molecule has 114 valence electrons. The lowest BCUT2D eigenvalue weighted by molar-refractivity contribution is 0.118. The van der Waals surface area contributed by atoms with Crippen molar-refractivity contribution in [1.29, 1.82) is 0 Å². The molecule has 0 fully saturated rings. The van der Waals surface area contributed by atoms with Crippen molar-refractivity contribution in [2.24, 2.45) is 0 Å². The summed E-state index contributed by atoms with van der Waals surface area (Å²) in [6.07, 6.45) is -1.51. The first kappa shape index (κ1) is 15.6. The summed E-state index contributed by atoms with van der Waals surface area (Å²) in [5.74, 6) is -0.469. The van der Waals surface area contributed by atoms with Gasteiger partial charge in [-0.15, -0.1) is 0 Å². The van der Waals surface area contributed by atoms with Gasteiger partial charge in [0.1, 0.15) is 12.0 Å². The molecular weight excluding hydrogens is 302 g/mol. The molecule has 0 bridgehead atoms. The first-order chi connectivity index (χ1) is 9.97. The first-order valence-corrected chi connectivity index (χ1v) is 7.77. The van der Waals surface area contributed by atoms with Crippen molar-refractivity contribution >= 4 is 10.0 Å². The minimum Gasteiger partial charge on any atom is -0.364 e. The van der Waals surface area contributed by atoms with E-state index in [9.17, 15) is 17.2 Å². The van der Waals surface area contributed by atoms with Crippen LogP contribution in [-0.4, -0.2) is 30.8 Å².